The van der Waals surface area contributed by atoms with Gasteiger partial charge in [0.25, 0.3) is 5.91 Å². The van der Waals surface area contributed by atoms with Gasteiger partial charge in [0.1, 0.15) is 5.75 Å². The Hall–Kier alpha value is -2.47. The standard InChI is InChI=1S/C24H30ClF5N4O3/c1-4-34-20(16-11-31-15(9-14(3)24(28,29)30)10-17(16)37-22(26)27)18(25)19(33-34)21(35)32-12-23(36)7-5-13(2)6-8-23/h10-11,13-14,22,36H,4-9,12H2,1-3H3,(H,32,35)/t13?,14-,23?/m0/s1. The lowest BCUT2D eigenvalue weighted by Crippen LogP contribution is -2.45. The van der Waals surface area contributed by atoms with E-state index in [9.17, 15) is 31.9 Å². The molecule has 206 valence electrons. The van der Waals surface area contributed by atoms with Crippen LogP contribution in [-0.2, 0) is 13.0 Å². The van der Waals surface area contributed by atoms with E-state index in [1.807, 2.05) is 0 Å². The van der Waals surface area contributed by atoms with Crippen molar-refractivity contribution in [2.75, 3.05) is 6.54 Å². The fraction of sp³-hybridized carbons (Fsp3) is 0.625. The minimum absolute atomic E-state index is 0.00339. The molecule has 0 aromatic carbocycles. The van der Waals surface area contributed by atoms with Crippen LogP contribution in [0.4, 0.5) is 22.0 Å². The van der Waals surface area contributed by atoms with Crippen LogP contribution < -0.4 is 10.1 Å². The summed E-state index contributed by atoms with van der Waals surface area (Å²) in [5, 5.41) is 17.4. The van der Waals surface area contributed by atoms with Gasteiger partial charge in [-0.05, 0) is 38.5 Å². The molecular formula is C24H30ClF5N4O3. The maximum Gasteiger partial charge on any atom is 0.391 e. The highest BCUT2D eigenvalue weighted by atomic mass is 35.5. The molecule has 0 bridgehead atoms. The Morgan fingerprint density at radius 3 is 2.57 bits per heavy atom. The smallest absolute Gasteiger partial charge is 0.391 e. The summed E-state index contributed by atoms with van der Waals surface area (Å²) >= 11 is 6.48. The summed E-state index contributed by atoms with van der Waals surface area (Å²) in [4.78, 5) is 16.9. The van der Waals surface area contributed by atoms with Crippen LogP contribution in [-0.4, -0.2) is 50.7 Å². The molecular weight excluding hydrogens is 523 g/mol. The van der Waals surface area contributed by atoms with Crippen LogP contribution in [0.2, 0.25) is 5.02 Å². The van der Waals surface area contributed by atoms with Gasteiger partial charge in [0.2, 0.25) is 0 Å². The highest BCUT2D eigenvalue weighted by Crippen LogP contribution is 2.39. The molecule has 1 saturated carbocycles. The summed E-state index contributed by atoms with van der Waals surface area (Å²) in [7, 11) is 0. The first kappa shape index (κ1) is 29.1. The summed E-state index contributed by atoms with van der Waals surface area (Å²) in [6, 6.07) is 1.01. The fourth-order valence-electron chi connectivity index (χ4n) is 4.27. The summed E-state index contributed by atoms with van der Waals surface area (Å²) in [5.41, 5.74) is -1.34. The molecule has 1 amide bonds. The molecule has 0 saturated heterocycles. The molecule has 0 radical (unpaired) electrons. The molecule has 1 atom stereocenters. The zero-order valence-electron chi connectivity index (χ0n) is 20.7. The van der Waals surface area contributed by atoms with Crippen molar-refractivity contribution in [3.8, 4) is 17.0 Å². The third kappa shape index (κ3) is 7.10. The zero-order chi connectivity index (χ0) is 27.5. The molecule has 3 rings (SSSR count). The molecule has 2 heterocycles. The van der Waals surface area contributed by atoms with Crippen LogP contribution in [0.1, 0.15) is 62.6 Å². The third-order valence-electron chi connectivity index (χ3n) is 6.66. The topological polar surface area (TPSA) is 89.3 Å². The molecule has 7 nitrogen and oxygen atoms in total. The van der Waals surface area contributed by atoms with Gasteiger partial charge in [0.15, 0.2) is 5.69 Å². The average Bonchev–Trinajstić information content (AvgIpc) is 3.15. The Kier molecular flexibility index (Phi) is 9.05. The number of halogens is 6. The number of amides is 1. The maximum atomic E-state index is 13.2. The number of nitrogens with zero attached hydrogens (tertiary/aromatic N) is 3. The van der Waals surface area contributed by atoms with E-state index in [1.165, 1.54) is 4.68 Å². The second-order valence-electron chi connectivity index (χ2n) is 9.61. The second kappa shape index (κ2) is 11.5. The van der Waals surface area contributed by atoms with Gasteiger partial charge in [-0.2, -0.15) is 27.1 Å². The number of rotatable bonds is 9. The highest BCUT2D eigenvalue weighted by Gasteiger charge is 2.37. The Bertz CT molecular complexity index is 1100. The van der Waals surface area contributed by atoms with Crippen LogP contribution in [0.3, 0.4) is 0 Å². The SMILES string of the molecule is CCn1nc(C(=O)NCC2(O)CCC(C)CC2)c(Cl)c1-c1cnc(C[C@H](C)C(F)(F)F)cc1OC(F)F. The van der Waals surface area contributed by atoms with Gasteiger partial charge in [-0.15, -0.1) is 0 Å². The van der Waals surface area contributed by atoms with E-state index < -0.39 is 42.4 Å². The van der Waals surface area contributed by atoms with Crippen molar-refractivity contribution < 1.29 is 36.6 Å². The molecule has 37 heavy (non-hydrogen) atoms. The van der Waals surface area contributed by atoms with Gasteiger partial charge in [-0.1, -0.05) is 25.4 Å². The molecule has 13 heteroatoms. The van der Waals surface area contributed by atoms with Crippen molar-refractivity contribution in [3.05, 3.63) is 28.7 Å². The fourth-order valence-corrected chi connectivity index (χ4v) is 4.59. The molecule has 0 spiro atoms. The first-order chi connectivity index (χ1) is 17.2. The van der Waals surface area contributed by atoms with E-state index >= 15 is 0 Å². The summed E-state index contributed by atoms with van der Waals surface area (Å²) in [6.07, 6.45) is -1.21. The van der Waals surface area contributed by atoms with Gasteiger partial charge < -0.3 is 15.2 Å². The van der Waals surface area contributed by atoms with Crippen molar-refractivity contribution in [1.29, 1.82) is 0 Å². The first-order valence-electron chi connectivity index (χ1n) is 12.0. The number of ether oxygens (including phenoxy) is 1. The van der Waals surface area contributed by atoms with Crippen molar-refractivity contribution >= 4 is 17.5 Å². The maximum absolute atomic E-state index is 13.2. The van der Waals surface area contributed by atoms with Crippen LogP contribution >= 0.6 is 11.6 Å². The normalized spacial score (nSPS) is 21.2. The van der Waals surface area contributed by atoms with E-state index in [2.05, 4.69) is 27.1 Å². The molecule has 1 aliphatic rings. The van der Waals surface area contributed by atoms with E-state index in [0.717, 1.165) is 32.0 Å². The molecule has 2 aromatic heterocycles. The van der Waals surface area contributed by atoms with Crippen LogP contribution in [0.15, 0.2) is 12.3 Å². The predicted octanol–water partition coefficient (Wildman–Crippen LogP) is 5.63. The average molecular weight is 553 g/mol. The van der Waals surface area contributed by atoms with E-state index in [-0.39, 0.29) is 40.8 Å². The first-order valence-corrected chi connectivity index (χ1v) is 12.4. The predicted molar refractivity (Wildman–Crippen MR) is 127 cm³/mol. The summed E-state index contributed by atoms with van der Waals surface area (Å²) < 4.78 is 71.2. The number of aromatic nitrogens is 3. The number of carbonyl (C=O) groups is 1. The Balaban J connectivity index is 1.91. The minimum atomic E-state index is -4.49. The number of hydrogen-bond acceptors (Lipinski definition) is 5. The molecule has 0 unspecified atom stereocenters. The van der Waals surface area contributed by atoms with Gasteiger partial charge in [-0.25, -0.2) is 0 Å². The lowest BCUT2D eigenvalue weighted by molar-refractivity contribution is -0.169. The quantitative estimate of drug-likeness (QED) is 0.394. The van der Waals surface area contributed by atoms with Gasteiger partial charge >= 0.3 is 12.8 Å². The third-order valence-corrected chi connectivity index (χ3v) is 7.02. The molecule has 1 fully saturated rings. The van der Waals surface area contributed by atoms with Crippen molar-refractivity contribution in [3.63, 3.8) is 0 Å². The lowest BCUT2D eigenvalue weighted by Gasteiger charge is -2.34. The molecule has 2 aromatic rings. The number of carbonyl (C=O) groups excluding carboxylic acids is 1. The van der Waals surface area contributed by atoms with Crippen molar-refractivity contribution in [1.82, 2.24) is 20.1 Å². The lowest BCUT2D eigenvalue weighted by atomic mass is 9.79. The van der Waals surface area contributed by atoms with Crippen molar-refractivity contribution in [2.45, 2.75) is 77.8 Å². The molecule has 0 aliphatic heterocycles. The summed E-state index contributed by atoms with van der Waals surface area (Å²) in [6.45, 7) is 1.65. The van der Waals surface area contributed by atoms with Crippen LogP contribution in [0, 0.1) is 11.8 Å². The number of alkyl halides is 5. The van der Waals surface area contributed by atoms with Crippen molar-refractivity contribution in [2.24, 2.45) is 11.8 Å². The Morgan fingerprint density at radius 1 is 1.35 bits per heavy atom. The largest absolute Gasteiger partial charge is 0.434 e. The molecule has 2 N–H and O–H groups in total. The number of pyridine rings is 1. The van der Waals surface area contributed by atoms with Gasteiger partial charge in [0.05, 0.1) is 27.8 Å². The minimum Gasteiger partial charge on any atom is -0.434 e. The van der Waals surface area contributed by atoms with E-state index in [4.69, 9.17) is 11.6 Å². The zero-order valence-corrected chi connectivity index (χ0v) is 21.5. The van der Waals surface area contributed by atoms with Crippen LogP contribution in [0.25, 0.3) is 11.3 Å². The monoisotopic (exact) mass is 552 g/mol. The highest BCUT2D eigenvalue weighted by molar-refractivity contribution is 6.36. The molecule has 1 aliphatic carbocycles. The summed E-state index contributed by atoms with van der Waals surface area (Å²) in [5.74, 6) is -2.36. The number of nitrogens with one attached hydrogen (secondary N) is 1. The number of hydrogen-bond donors (Lipinski definition) is 2. The number of aliphatic hydroxyl groups is 1. The van der Waals surface area contributed by atoms with Crippen LogP contribution in [0.5, 0.6) is 5.75 Å². The van der Waals surface area contributed by atoms with E-state index in [0.29, 0.717) is 18.8 Å². The van der Waals surface area contributed by atoms with Gasteiger partial charge in [0, 0.05) is 37.5 Å². The second-order valence-corrected chi connectivity index (χ2v) is 9.99. The van der Waals surface area contributed by atoms with E-state index in [1.54, 1.807) is 6.92 Å². The Morgan fingerprint density at radius 2 is 2.00 bits per heavy atom. The van der Waals surface area contributed by atoms with Gasteiger partial charge in [-0.3, -0.25) is 14.5 Å². The number of aryl methyl sites for hydroxylation is 1. The Labute approximate surface area is 216 Å².